The third-order valence-electron chi connectivity index (χ3n) is 4.70. The van der Waals surface area contributed by atoms with Crippen LogP contribution in [0.1, 0.15) is 31.8 Å². The Morgan fingerprint density at radius 1 is 1.04 bits per heavy atom. The van der Waals surface area contributed by atoms with Gasteiger partial charge in [-0.1, -0.05) is 18.2 Å². The van der Waals surface area contributed by atoms with E-state index >= 15 is 0 Å². The summed E-state index contributed by atoms with van der Waals surface area (Å²) < 4.78 is 0. The largest absolute Gasteiger partial charge is 0.361 e. The highest BCUT2D eigenvalue weighted by molar-refractivity contribution is 6.21. The molecule has 6 heteroatoms. The van der Waals surface area contributed by atoms with Crippen LogP contribution in [0.5, 0.6) is 0 Å². The first-order valence-electron chi connectivity index (χ1n) is 8.40. The maximum Gasteiger partial charge on any atom is 0.261 e. The average Bonchev–Trinajstić information content (AvgIpc) is 3.18. The minimum atomic E-state index is -0.235. The Morgan fingerprint density at radius 2 is 1.77 bits per heavy atom. The van der Waals surface area contributed by atoms with Crippen LogP contribution in [0.15, 0.2) is 48.7 Å². The summed E-state index contributed by atoms with van der Waals surface area (Å²) in [6.45, 7) is 0.790. The van der Waals surface area contributed by atoms with Crippen molar-refractivity contribution in [3.05, 3.63) is 70.9 Å². The molecule has 0 saturated carbocycles. The Hall–Kier alpha value is -3.41. The van der Waals surface area contributed by atoms with Crippen LogP contribution in [0.25, 0.3) is 10.9 Å². The van der Waals surface area contributed by atoms with Crippen molar-refractivity contribution in [3.8, 4) is 0 Å². The molecule has 3 aromatic rings. The van der Waals surface area contributed by atoms with Gasteiger partial charge in [0.25, 0.3) is 11.8 Å². The maximum absolute atomic E-state index is 12.5. The number of rotatable bonds is 6. The van der Waals surface area contributed by atoms with Crippen LogP contribution >= 0.6 is 0 Å². The molecule has 0 saturated heterocycles. The summed E-state index contributed by atoms with van der Waals surface area (Å²) in [5, 5.41) is 3.69. The third-order valence-corrected chi connectivity index (χ3v) is 4.70. The Kier molecular flexibility index (Phi) is 4.01. The molecule has 0 unspecified atom stereocenters. The number of benzene rings is 2. The molecule has 0 fully saturated rings. The van der Waals surface area contributed by atoms with Gasteiger partial charge >= 0.3 is 0 Å². The van der Waals surface area contributed by atoms with Crippen molar-refractivity contribution in [2.45, 2.75) is 13.0 Å². The number of aromatic amines is 1. The zero-order valence-electron chi connectivity index (χ0n) is 14.0. The normalized spacial score (nSPS) is 13.3. The van der Waals surface area contributed by atoms with Crippen LogP contribution in [0.2, 0.25) is 0 Å². The number of hydrogen-bond donors (Lipinski definition) is 2. The maximum atomic E-state index is 12.5. The molecule has 26 heavy (non-hydrogen) atoms. The summed E-state index contributed by atoms with van der Waals surface area (Å²) in [5.41, 5.74) is 3.95. The van der Waals surface area contributed by atoms with Gasteiger partial charge in [0, 0.05) is 30.2 Å². The molecule has 4 rings (SSSR count). The average molecular weight is 347 g/mol. The second-order valence-corrected chi connectivity index (χ2v) is 6.25. The summed E-state index contributed by atoms with van der Waals surface area (Å²) >= 11 is 0. The van der Waals surface area contributed by atoms with Crippen molar-refractivity contribution in [2.24, 2.45) is 0 Å². The van der Waals surface area contributed by atoms with Gasteiger partial charge in [0.05, 0.1) is 11.1 Å². The molecular formula is C20H17N3O3. The number of fused-ring (bicyclic) bond motifs is 2. The number of carbonyl (C=O) groups is 3. The highest BCUT2D eigenvalue weighted by Crippen LogP contribution is 2.25. The Balaban J connectivity index is 1.54. The molecule has 1 aliphatic rings. The molecule has 2 N–H and O–H groups in total. The fourth-order valence-electron chi connectivity index (χ4n) is 3.38. The molecule has 6 nitrogen and oxygen atoms in total. The van der Waals surface area contributed by atoms with E-state index < -0.39 is 0 Å². The lowest BCUT2D eigenvalue weighted by atomic mass is 10.1. The van der Waals surface area contributed by atoms with E-state index in [-0.39, 0.29) is 11.8 Å². The van der Waals surface area contributed by atoms with E-state index in [1.54, 1.807) is 24.3 Å². The van der Waals surface area contributed by atoms with Crippen LogP contribution in [0, 0.1) is 0 Å². The highest BCUT2D eigenvalue weighted by atomic mass is 16.2. The molecule has 0 radical (unpaired) electrons. The van der Waals surface area contributed by atoms with Gasteiger partial charge in [-0.2, -0.15) is 0 Å². The van der Waals surface area contributed by atoms with Gasteiger partial charge in [-0.05, 0) is 41.8 Å². The third kappa shape index (κ3) is 2.65. The highest BCUT2D eigenvalue weighted by Gasteiger charge is 2.34. The number of aromatic nitrogens is 1. The first-order chi connectivity index (χ1) is 12.7. The van der Waals surface area contributed by atoms with Crippen LogP contribution in [0.3, 0.4) is 0 Å². The van der Waals surface area contributed by atoms with Gasteiger partial charge in [0.1, 0.15) is 0 Å². The van der Waals surface area contributed by atoms with Gasteiger partial charge in [0.15, 0.2) is 0 Å². The summed E-state index contributed by atoms with van der Waals surface area (Å²) in [4.78, 5) is 39.9. The molecule has 130 valence electrons. The molecule has 2 heterocycles. The van der Waals surface area contributed by atoms with E-state index in [4.69, 9.17) is 0 Å². The molecule has 0 atom stereocenters. The van der Waals surface area contributed by atoms with Crippen molar-refractivity contribution in [2.75, 3.05) is 6.54 Å². The van der Waals surface area contributed by atoms with E-state index in [1.165, 1.54) is 4.90 Å². The fraction of sp³-hybridized carbons (Fsp3) is 0.150. The number of hydrogen-bond acceptors (Lipinski definition) is 3. The summed E-state index contributed by atoms with van der Waals surface area (Å²) in [5.74, 6) is -0.470. The van der Waals surface area contributed by atoms with Gasteiger partial charge in [-0.25, -0.2) is 0 Å². The number of amides is 3. The van der Waals surface area contributed by atoms with Gasteiger partial charge in [-0.3, -0.25) is 19.3 Å². The standard InChI is InChI=1S/C20H17N3O3/c24-12-21-10-13-5-6-18-17(9-13)14(11-22-18)7-8-23-19(25)15-3-1-2-4-16(15)20(23)26/h1-6,9,11-12,22H,7-8,10H2,(H,21,24). The van der Waals surface area contributed by atoms with Crippen LogP contribution in [-0.2, 0) is 17.8 Å². The second kappa shape index (κ2) is 6.48. The molecule has 0 bridgehead atoms. The number of carbonyl (C=O) groups excluding carboxylic acids is 3. The summed E-state index contributed by atoms with van der Waals surface area (Å²) in [6.07, 6.45) is 3.14. The van der Waals surface area contributed by atoms with Crippen molar-refractivity contribution in [1.82, 2.24) is 15.2 Å². The topological polar surface area (TPSA) is 82.3 Å². The molecular weight excluding hydrogens is 330 g/mol. The zero-order chi connectivity index (χ0) is 18.1. The molecule has 0 aliphatic carbocycles. The lowest BCUT2D eigenvalue weighted by Gasteiger charge is -2.13. The summed E-state index contributed by atoms with van der Waals surface area (Å²) in [6, 6.07) is 12.8. The predicted octanol–water partition coefficient (Wildman–Crippen LogP) is 2.25. The molecule has 0 spiro atoms. The van der Waals surface area contributed by atoms with E-state index in [0.29, 0.717) is 37.0 Å². The predicted molar refractivity (Wildman–Crippen MR) is 96.7 cm³/mol. The van der Waals surface area contributed by atoms with Gasteiger partial charge < -0.3 is 10.3 Å². The Labute approximate surface area is 149 Å². The van der Waals surface area contributed by atoms with E-state index in [0.717, 1.165) is 22.0 Å². The van der Waals surface area contributed by atoms with E-state index in [1.807, 2.05) is 24.4 Å². The zero-order valence-corrected chi connectivity index (χ0v) is 14.0. The van der Waals surface area contributed by atoms with Gasteiger partial charge in [-0.15, -0.1) is 0 Å². The van der Waals surface area contributed by atoms with Crippen LogP contribution in [-0.4, -0.2) is 34.7 Å². The number of nitrogens with zero attached hydrogens (tertiary/aromatic N) is 1. The van der Waals surface area contributed by atoms with Crippen molar-refractivity contribution in [1.29, 1.82) is 0 Å². The van der Waals surface area contributed by atoms with E-state index in [2.05, 4.69) is 10.3 Å². The summed E-state index contributed by atoms with van der Waals surface area (Å²) in [7, 11) is 0. The number of imide groups is 1. The second-order valence-electron chi connectivity index (χ2n) is 6.25. The fourth-order valence-corrected chi connectivity index (χ4v) is 3.38. The molecule has 1 aliphatic heterocycles. The number of nitrogens with one attached hydrogen (secondary N) is 2. The monoisotopic (exact) mass is 347 g/mol. The minimum Gasteiger partial charge on any atom is -0.361 e. The quantitative estimate of drug-likeness (QED) is 0.530. The van der Waals surface area contributed by atoms with Crippen LogP contribution < -0.4 is 5.32 Å². The Bertz CT molecular complexity index is 987. The smallest absolute Gasteiger partial charge is 0.261 e. The molecule has 3 amide bonds. The van der Waals surface area contributed by atoms with Crippen molar-refractivity contribution >= 4 is 29.1 Å². The lowest BCUT2D eigenvalue weighted by Crippen LogP contribution is -2.31. The van der Waals surface area contributed by atoms with Gasteiger partial charge in [0.2, 0.25) is 6.41 Å². The minimum absolute atomic E-state index is 0.235. The van der Waals surface area contributed by atoms with Crippen LogP contribution in [0.4, 0.5) is 0 Å². The van der Waals surface area contributed by atoms with E-state index in [9.17, 15) is 14.4 Å². The van der Waals surface area contributed by atoms with Crippen molar-refractivity contribution in [3.63, 3.8) is 0 Å². The lowest BCUT2D eigenvalue weighted by molar-refractivity contribution is -0.109. The molecule has 1 aromatic heterocycles. The number of H-pyrrole nitrogens is 1. The SMILES string of the molecule is O=CNCc1ccc2[nH]cc(CCN3C(=O)c4ccccc4C3=O)c2c1. The van der Waals surface area contributed by atoms with Crippen molar-refractivity contribution < 1.29 is 14.4 Å². The first-order valence-corrected chi connectivity index (χ1v) is 8.40. The Morgan fingerprint density at radius 3 is 2.46 bits per heavy atom. The molecule has 2 aromatic carbocycles. The first kappa shape index (κ1) is 16.1.